The molecule has 2 bridgehead atoms. The standard InChI is InChI=1S/C17H20N4O3S2/c1-10-4-2-3-5-13(10)15(22)18-16-19-20-17(25-16)26(23,24)21-14-9-11-6-7-12(14)8-11/h2-5,11-12,14,21H,6-9H2,1H3,(H,18,19,22)/t11-,12-,14+/m0/s1. The van der Waals surface area contributed by atoms with E-state index in [4.69, 9.17) is 0 Å². The first-order chi connectivity index (χ1) is 12.4. The maximum absolute atomic E-state index is 12.6. The minimum atomic E-state index is -3.71. The fourth-order valence-electron chi connectivity index (χ4n) is 4.00. The van der Waals surface area contributed by atoms with Crippen LogP contribution in [0.1, 0.15) is 41.6 Å². The smallest absolute Gasteiger partial charge is 0.270 e. The summed E-state index contributed by atoms with van der Waals surface area (Å²) >= 11 is 0.867. The molecule has 7 nitrogen and oxygen atoms in total. The third kappa shape index (κ3) is 3.38. The van der Waals surface area contributed by atoms with Crippen LogP contribution in [0.25, 0.3) is 0 Å². The first-order valence-corrected chi connectivity index (χ1v) is 10.9. The van der Waals surface area contributed by atoms with Crippen LogP contribution in [0, 0.1) is 18.8 Å². The number of carbonyl (C=O) groups excluding carboxylic acids is 1. The molecule has 26 heavy (non-hydrogen) atoms. The second-order valence-electron chi connectivity index (χ2n) is 7.04. The molecule has 1 aromatic heterocycles. The van der Waals surface area contributed by atoms with Gasteiger partial charge in [0, 0.05) is 11.6 Å². The van der Waals surface area contributed by atoms with E-state index in [-0.39, 0.29) is 21.4 Å². The largest absolute Gasteiger partial charge is 0.296 e. The van der Waals surface area contributed by atoms with E-state index < -0.39 is 10.0 Å². The Morgan fingerprint density at radius 2 is 2.00 bits per heavy atom. The molecule has 4 rings (SSSR count). The predicted molar refractivity (Wildman–Crippen MR) is 98.6 cm³/mol. The minimum Gasteiger partial charge on any atom is -0.296 e. The number of rotatable bonds is 5. The lowest BCUT2D eigenvalue weighted by Crippen LogP contribution is -2.38. The van der Waals surface area contributed by atoms with Crippen molar-refractivity contribution in [3.8, 4) is 0 Å². The molecule has 0 radical (unpaired) electrons. The Balaban J connectivity index is 1.45. The molecule has 1 amide bonds. The van der Waals surface area contributed by atoms with Crippen LogP contribution < -0.4 is 10.0 Å². The molecule has 0 aliphatic heterocycles. The van der Waals surface area contributed by atoms with Gasteiger partial charge in [0.1, 0.15) is 0 Å². The Morgan fingerprint density at radius 3 is 2.69 bits per heavy atom. The topological polar surface area (TPSA) is 101 Å². The molecule has 9 heteroatoms. The second-order valence-corrected chi connectivity index (χ2v) is 9.91. The predicted octanol–water partition coefficient (Wildman–Crippen LogP) is 2.57. The molecule has 2 fully saturated rings. The molecule has 0 saturated heterocycles. The fraction of sp³-hybridized carbons (Fsp3) is 0.471. The van der Waals surface area contributed by atoms with Crippen molar-refractivity contribution in [1.29, 1.82) is 0 Å². The third-order valence-electron chi connectivity index (χ3n) is 5.29. The Labute approximate surface area is 156 Å². The number of amides is 1. The number of hydrogen-bond acceptors (Lipinski definition) is 6. The van der Waals surface area contributed by atoms with Crippen LogP contribution in [0.5, 0.6) is 0 Å². The van der Waals surface area contributed by atoms with Crippen molar-refractivity contribution in [1.82, 2.24) is 14.9 Å². The Bertz CT molecular complexity index is 941. The quantitative estimate of drug-likeness (QED) is 0.762. The minimum absolute atomic E-state index is 0.00680. The molecule has 3 atom stereocenters. The number of aryl methyl sites for hydroxylation is 1. The van der Waals surface area contributed by atoms with E-state index in [1.807, 2.05) is 19.1 Å². The number of hydrogen-bond donors (Lipinski definition) is 2. The molecule has 2 N–H and O–H groups in total. The molecule has 1 aromatic carbocycles. The lowest BCUT2D eigenvalue weighted by molar-refractivity contribution is 0.102. The summed E-state index contributed by atoms with van der Waals surface area (Å²) < 4.78 is 27.8. The summed E-state index contributed by atoms with van der Waals surface area (Å²) in [6.07, 6.45) is 4.31. The highest BCUT2D eigenvalue weighted by molar-refractivity contribution is 7.91. The molecule has 0 spiro atoms. The van der Waals surface area contributed by atoms with Gasteiger partial charge in [0.2, 0.25) is 9.47 Å². The van der Waals surface area contributed by atoms with Crippen molar-refractivity contribution in [2.24, 2.45) is 11.8 Å². The van der Waals surface area contributed by atoms with Crippen molar-refractivity contribution < 1.29 is 13.2 Å². The molecular formula is C17H20N4O3S2. The van der Waals surface area contributed by atoms with Crippen LogP contribution in [0.15, 0.2) is 28.6 Å². The van der Waals surface area contributed by atoms with Gasteiger partial charge in [0.05, 0.1) is 0 Å². The van der Waals surface area contributed by atoms with Gasteiger partial charge in [0.25, 0.3) is 15.9 Å². The Morgan fingerprint density at radius 1 is 1.19 bits per heavy atom. The number of sulfonamides is 1. The van der Waals surface area contributed by atoms with E-state index >= 15 is 0 Å². The van der Waals surface area contributed by atoms with Crippen molar-refractivity contribution in [3.05, 3.63) is 35.4 Å². The van der Waals surface area contributed by atoms with Crippen molar-refractivity contribution >= 4 is 32.4 Å². The number of carbonyl (C=O) groups is 1. The van der Waals surface area contributed by atoms with Gasteiger partial charge in [-0.2, -0.15) is 0 Å². The maximum Gasteiger partial charge on any atom is 0.270 e. The van der Waals surface area contributed by atoms with Crippen molar-refractivity contribution in [3.63, 3.8) is 0 Å². The average molecular weight is 393 g/mol. The molecule has 2 aliphatic rings. The zero-order valence-corrected chi connectivity index (χ0v) is 15.9. The molecular weight excluding hydrogens is 372 g/mol. The van der Waals surface area contributed by atoms with E-state index in [1.54, 1.807) is 12.1 Å². The molecule has 0 unspecified atom stereocenters. The normalized spacial score (nSPS) is 24.7. The van der Waals surface area contributed by atoms with Gasteiger partial charge in [-0.1, -0.05) is 36.0 Å². The Kier molecular flexibility index (Phi) is 4.54. The highest BCUT2D eigenvalue weighted by Gasteiger charge is 2.41. The molecule has 1 heterocycles. The maximum atomic E-state index is 12.6. The van der Waals surface area contributed by atoms with Gasteiger partial charge in [-0.3, -0.25) is 10.1 Å². The number of aromatic nitrogens is 2. The summed E-state index contributed by atoms with van der Waals surface area (Å²) in [5, 5.41) is 10.4. The first kappa shape index (κ1) is 17.6. The van der Waals surface area contributed by atoms with Crippen LogP contribution in [0.4, 0.5) is 5.13 Å². The summed E-state index contributed by atoms with van der Waals surface area (Å²) in [6, 6.07) is 7.16. The summed E-state index contributed by atoms with van der Waals surface area (Å²) in [4.78, 5) is 12.3. The number of nitrogens with zero attached hydrogens (tertiary/aromatic N) is 2. The van der Waals surface area contributed by atoms with Crippen LogP contribution >= 0.6 is 11.3 Å². The van der Waals surface area contributed by atoms with Gasteiger partial charge >= 0.3 is 0 Å². The SMILES string of the molecule is Cc1ccccc1C(=O)Nc1nnc(S(=O)(=O)N[C@@H]2C[C@H]3CC[C@H]2C3)s1. The Hall–Kier alpha value is -1.84. The summed E-state index contributed by atoms with van der Waals surface area (Å²) in [7, 11) is -3.71. The fourth-order valence-corrected chi connectivity index (χ4v) is 6.23. The lowest BCUT2D eigenvalue weighted by Gasteiger charge is -2.21. The van der Waals surface area contributed by atoms with Gasteiger partial charge in [-0.15, -0.1) is 10.2 Å². The third-order valence-corrected chi connectivity index (χ3v) is 7.99. The van der Waals surface area contributed by atoms with Gasteiger partial charge in [-0.25, -0.2) is 13.1 Å². The van der Waals surface area contributed by atoms with Gasteiger partial charge < -0.3 is 0 Å². The molecule has 2 saturated carbocycles. The van der Waals surface area contributed by atoms with Gasteiger partial charge in [-0.05, 0) is 49.7 Å². The summed E-state index contributed by atoms with van der Waals surface area (Å²) in [5.74, 6) is 0.748. The zero-order valence-electron chi connectivity index (χ0n) is 14.3. The summed E-state index contributed by atoms with van der Waals surface area (Å²) in [5.41, 5.74) is 1.35. The monoisotopic (exact) mass is 392 g/mol. The van der Waals surface area contributed by atoms with Crippen molar-refractivity contribution in [2.75, 3.05) is 5.32 Å². The van der Waals surface area contributed by atoms with Crippen LogP contribution in [-0.2, 0) is 10.0 Å². The van der Waals surface area contributed by atoms with Gasteiger partial charge in [0.15, 0.2) is 0 Å². The van der Waals surface area contributed by atoms with Crippen LogP contribution in [0.3, 0.4) is 0 Å². The zero-order chi connectivity index (χ0) is 18.3. The van der Waals surface area contributed by atoms with Crippen molar-refractivity contribution in [2.45, 2.75) is 43.0 Å². The number of benzene rings is 1. The second kappa shape index (κ2) is 6.71. The highest BCUT2D eigenvalue weighted by atomic mass is 32.2. The van der Waals surface area contributed by atoms with E-state index in [2.05, 4.69) is 20.2 Å². The summed E-state index contributed by atoms with van der Waals surface area (Å²) in [6.45, 7) is 1.84. The molecule has 2 aliphatic carbocycles. The van der Waals surface area contributed by atoms with E-state index in [0.717, 1.165) is 36.2 Å². The van der Waals surface area contributed by atoms with E-state index in [0.29, 0.717) is 17.4 Å². The first-order valence-electron chi connectivity index (χ1n) is 8.65. The molecule has 2 aromatic rings. The number of anilines is 1. The number of fused-ring (bicyclic) bond motifs is 2. The lowest BCUT2D eigenvalue weighted by atomic mass is 9.96. The average Bonchev–Trinajstić information content (AvgIpc) is 3.31. The van der Waals surface area contributed by atoms with Crippen LogP contribution in [0.2, 0.25) is 0 Å². The molecule has 138 valence electrons. The highest BCUT2D eigenvalue weighted by Crippen LogP contribution is 2.44. The van der Waals surface area contributed by atoms with E-state index in [1.165, 1.54) is 6.42 Å². The van der Waals surface area contributed by atoms with E-state index in [9.17, 15) is 13.2 Å². The van der Waals surface area contributed by atoms with Crippen LogP contribution in [-0.4, -0.2) is 30.6 Å². The number of nitrogens with one attached hydrogen (secondary N) is 2.